The highest BCUT2D eigenvalue weighted by molar-refractivity contribution is 5.95. The van der Waals surface area contributed by atoms with Crippen molar-refractivity contribution in [3.63, 3.8) is 0 Å². The van der Waals surface area contributed by atoms with Gasteiger partial charge in [-0.3, -0.25) is 0 Å². The topological polar surface area (TPSA) is 13.0 Å². The molecule has 2 heterocycles. The van der Waals surface area contributed by atoms with Gasteiger partial charge in [-0.15, -0.1) is 0 Å². The second-order valence-corrected chi connectivity index (χ2v) is 14.5. The highest BCUT2D eigenvalue weighted by Crippen LogP contribution is 2.46. The average molecular weight is 701 g/mol. The van der Waals surface area contributed by atoms with Crippen LogP contribution in [0.4, 0.5) is 34.1 Å². The molecule has 2 aliphatic rings. The Bertz CT molecular complexity index is 2460. The van der Waals surface area contributed by atoms with Gasteiger partial charge in [0.15, 0.2) is 0 Å². The lowest BCUT2D eigenvalue weighted by molar-refractivity contribution is 0.938. The summed E-state index contributed by atoms with van der Waals surface area (Å²) in [5.74, 6) is 0. The van der Waals surface area contributed by atoms with Gasteiger partial charge in [0.25, 0.3) is 0 Å². The Morgan fingerprint density at radius 3 is 1.20 bits per heavy atom. The summed E-state index contributed by atoms with van der Waals surface area (Å²) in [5, 5.41) is 0. The smallest absolute Gasteiger partial charge is 0.100 e. The Labute approximate surface area is 319 Å². The second kappa shape index (κ2) is 13.8. The minimum absolute atomic E-state index is 0.763. The van der Waals surface area contributed by atoms with Gasteiger partial charge in [0.2, 0.25) is 0 Å². The van der Waals surface area contributed by atoms with Crippen molar-refractivity contribution in [2.24, 2.45) is 0 Å². The number of aryl methyl sites for hydroxylation is 2. The van der Waals surface area contributed by atoms with Crippen LogP contribution in [-0.2, 0) is 0 Å². The van der Waals surface area contributed by atoms with Gasteiger partial charge in [-0.1, -0.05) is 120 Å². The zero-order valence-corrected chi connectivity index (χ0v) is 31.4. The summed E-state index contributed by atoms with van der Waals surface area (Å²) in [6.45, 7) is 10.4. The van der Waals surface area contributed by atoms with E-state index in [4.69, 9.17) is 0 Å². The predicted molar refractivity (Wildman–Crippen MR) is 229 cm³/mol. The van der Waals surface area contributed by atoms with Gasteiger partial charge in [-0.25, -0.2) is 0 Å². The minimum Gasteiger partial charge on any atom is -0.325 e. The Morgan fingerprint density at radius 2 is 0.722 bits per heavy atom. The number of allylic oxidation sites excluding steroid dienone is 2. The zero-order chi connectivity index (χ0) is 36.8. The third-order valence-corrected chi connectivity index (χ3v) is 11.1. The number of para-hydroxylation sites is 4. The molecule has 0 aliphatic carbocycles. The van der Waals surface area contributed by atoms with Gasteiger partial charge in [-0.2, -0.15) is 0 Å². The van der Waals surface area contributed by atoms with Crippen molar-refractivity contribution in [3.8, 4) is 33.4 Å². The molecule has 0 spiro atoms. The third-order valence-electron chi connectivity index (χ3n) is 11.1. The number of anilines is 6. The average Bonchev–Trinajstić information content (AvgIpc) is 3.75. The van der Waals surface area contributed by atoms with E-state index in [1.54, 1.807) is 0 Å². The van der Waals surface area contributed by atoms with Gasteiger partial charge < -0.3 is 19.6 Å². The van der Waals surface area contributed by atoms with E-state index in [9.17, 15) is 0 Å². The second-order valence-electron chi connectivity index (χ2n) is 14.5. The fraction of sp³-hybridized carbons (Fsp3) is 0.120. The normalized spacial score (nSPS) is 13.9. The van der Waals surface area contributed by atoms with Crippen LogP contribution >= 0.6 is 0 Å². The molecule has 2 aliphatic heterocycles. The number of fused-ring (bicyclic) bond motifs is 1. The fourth-order valence-corrected chi connectivity index (χ4v) is 8.27. The molecule has 0 bridgehead atoms. The van der Waals surface area contributed by atoms with Crippen molar-refractivity contribution in [1.82, 2.24) is 0 Å². The lowest BCUT2D eigenvalue weighted by atomic mass is 9.86. The first kappa shape index (κ1) is 33.3. The van der Waals surface area contributed by atoms with Crippen molar-refractivity contribution < 1.29 is 0 Å². The molecule has 4 heteroatoms. The molecule has 0 fully saturated rings. The Kier molecular flexibility index (Phi) is 8.51. The Morgan fingerprint density at radius 1 is 0.333 bits per heavy atom. The molecule has 54 heavy (non-hydrogen) atoms. The largest absolute Gasteiger partial charge is 0.325 e. The van der Waals surface area contributed by atoms with Crippen LogP contribution in [0, 0.1) is 13.8 Å². The molecule has 0 atom stereocenters. The third kappa shape index (κ3) is 6.00. The molecular weight excluding hydrogens is 657 g/mol. The van der Waals surface area contributed by atoms with Crippen LogP contribution < -0.4 is 19.6 Å². The summed E-state index contributed by atoms with van der Waals surface area (Å²) < 4.78 is 0. The van der Waals surface area contributed by atoms with Gasteiger partial charge >= 0.3 is 0 Å². The number of nitrogens with zero attached hydrogens (tertiary/aromatic N) is 4. The van der Waals surface area contributed by atoms with Gasteiger partial charge in [0.05, 0.1) is 18.0 Å². The number of rotatable bonds is 7. The first-order valence-electron chi connectivity index (χ1n) is 18.8. The summed E-state index contributed by atoms with van der Waals surface area (Å²) >= 11 is 0. The summed E-state index contributed by atoms with van der Waals surface area (Å²) in [4.78, 5) is 9.59. The fourth-order valence-electron chi connectivity index (χ4n) is 8.27. The molecule has 0 unspecified atom stereocenters. The minimum atomic E-state index is 0.763. The van der Waals surface area contributed by atoms with Crippen LogP contribution in [0.2, 0.25) is 0 Å². The molecule has 0 aromatic heterocycles. The Hall–Kier alpha value is -6.52. The van der Waals surface area contributed by atoms with Gasteiger partial charge in [0, 0.05) is 34.1 Å². The highest BCUT2D eigenvalue weighted by Gasteiger charge is 2.28. The maximum Gasteiger partial charge on any atom is 0.100 e. The molecule has 9 rings (SSSR count). The van der Waals surface area contributed by atoms with E-state index in [-0.39, 0.29) is 0 Å². The molecule has 0 radical (unpaired) electrons. The maximum absolute atomic E-state index is 2.41. The van der Waals surface area contributed by atoms with Crippen molar-refractivity contribution in [1.29, 1.82) is 0 Å². The first-order chi connectivity index (χ1) is 26.4. The van der Waals surface area contributed by atoms with Crippen LogP contribution in [-0.4, -0.2) is 13.3 Å². The van der Waals surface area contributed by atoms with Crippen molar-refractivity contribution in [3.05, 3.63) is 192 Å². The molecule has 7 aromatic rings. The van der Waals surface area contributed by atoms with Gasteiger partial charge in [0.1, 0.15) is 6.67 Å². The van der Waals surface area contributed by atoms with E-state index >= 15 is 0 Å². The lowest BCUT2D eigenvalue weighted by Crippen LogP contribution is -2.26. The molecule has 0 N–H and O–H groups in total. The molecule has 264 valence electrons. The highest BCUT2D eigenvalue weighted by atomic mass is 15.4. The van der Waals surface area contributed by atoms with E-state index < -0.39 is 0 Å². The van der Waals surface area contributed by atoms with E-state index in [2.05, 4.69) is 217 Å². The van der Waals surface area contributed by atoms with Crippen molar-refractivity contribution >= 4 is 34.1 Å². The summed E-state index contributed by atoms with van der Waals surface area (Å²) in [5.41, 5.74) is 19.7. The van der Waals surface area contributed by atoms with Crippen LogP contribution in [0.1, 0.15) is 25.0 Å². The number of hydrogen-bond acceptors (Lipinski definition) is 4. The number of benzene rings is 7. The monoisotopic (exact) mass is 700 g/mol. The molecule has 0 saturated carbocycles. The summed E-state index contributed by atoms with van der Waals surface area (Å²) in [6.07, 6.45) is 0. The quantitative estimate of drug-likeness (QED) is 0.164. The standard InChI is InChI=1S/C50H44N4/c1-35-30-36(2)32-41(31-35)50-46(39-22-26-44(27-23-39)52-33-51(37(3)38(52)4)42-14-7-5-8-15-42)18-13-19-47(50)40-24-28-45(29-25-40)54-34-53(43-16-9-6-10-17-43)48-20-11-12-21-49(48)54/h5-32H,33-34H2,1-4H3. The molecule has 7 aromatic carbocycles. The molecule has 4 nitrogen and oxygen atoms in total. The lowest BCUT2D eigenvalue weighted by Gasteiger charge is -2.24. The first-order valence-corrected chi connectivity index (χ1v) is 18.8. The Balaban J connectivity index is 1.07. The van der Waals surface area contributed by atoms with E-state index in [0.717, 1.165) is 13.3 Å². The SMILES string of the molecule is CC1=C(C)N(c2ccc(-c3cccc(-c4ccc(N5CN(c6ccccc6)c6ccccc65)cc4)c3-c3cc(C)cc(C)c3)cc2)CN1c1ccccc1. The molecular formula is C50H44N4. The van der Waals surface area contributed by atoms with E-state index in [1.807, 2.05) is 0 Å². The zero-order valence-electron chi connectivity index (χ0n) is 31.4. The maximum atomic E-state index is 2.41. The predicted octanol–water partition coefficient (Wildman–Crippen LogP) is 13.1. The van der Waals surface area contributed by atoms with Crippen LogP contribution in [0.25, 0.3) is 33.4 Å². The molecule has 0 saturated heterocycles. The van der Waals surface area contributed by atoms with Crippen LogP contribution in [0.3, 0.4) is 0 Å². The van der Waals surface area contributed by atoms with Crippen molar-refractivity contribution in [2.75, 3.05) is 32.9 Å². The van der Waals surface area contributed by atoms with E-state index in [0.29, 0.717) is 0 Å². The summed E-state index contributed by atoms with van der Waals surface area (Å²) in [7, 11) is 0. The number of hydrogen-bond donors (Lipinski definition) is 0. The van der Waals surface area contributed by atoms with Crippen LogP contribution in [0.5, 0.6) is 0 Å². The van der Waals surface area contributed by atoms with Crippen molar-refractivity contribution in [2.45, 2.75) is 27.7 Å². The molecule has 0 amide bonds. The van der Waals surface area contributed by atoms with E-state index in [1.165, 1.54) is 90.0 Å². The van der Waals surface area contributed by atoms with Gasteiger partial charge in [-0.05, 0) is 122 Å². The summed E-state index contributed by atoms with van der Waals surface area (Å²) in [6, 6.07) is 62.0. The van der Waals surface area contributed by atoms with Crippen LogP contribution in [0.15, 0.2) is 181 Å².